The minimum atomic E-state index is -0.334. The van der Waals surface area contributed by atoms with Crippen molar-refractivity contribution >= 4 is 5.97 Å². The molecule has 0 heterocycles. The van der Waals surface area contributed by atoms with Crippen molar-refractivity contribution < 1.29 is 39.3 Å². The molecule has 0 amide bonds. The Labute approximate surface area is 134 Å². The van der Waals surface area contributed by atoms with Crippen LogP contribution in [0.5, 0.6) is 0 Å². The Hall–Kier alpha value is -1.08. The van der Waals surface area contributed by atoms with Gasteiger partial charge in [0.25, 0.3) is 5.97 Å². The summed E-state index contributed by atoms with van der Waals surface area (Å²) in [4.78, 5) is 11.3. The molecule has 0 saturated heterocycles. The van der Waals surface area contributed by atoms with Crippen molar-refractivity contribution in [1.82, 2.24) is 0 Å². The average molecular weight is 341 g/mol. The van der Waals surface area contributed by atoms with Crippen molar-refractivity contribution in [1.29, 1.82) is 0 Å². The minimum absolute atomic E-state index is 0.136. The second-order valence-corrected chi connectivity index (χ2v) is 3.79. The zero-order valence-corrected chi connectivity index (χ0v) is 13.0. The van der Waals surface area contributed by atoms with Crippen LogP contribution in [-0.2, 0) is 24.3 Å². The van der Waals surface area contributed by atoms with Crippen LogP contribution in [-0.4, -0.2) is 36.0 Å². The molecule has 1 aromatic rings. The zero-order chi connectivity index (χ0) is 16.3. The van der Waals surface area contributed by atoms with Crippen LogP contribution in [0, 0.1) is 13.0 Å². The van der Waals surface area contributed by atoms with Gasteiger partial charge in [-0.05, 0) is 12.8 Å². The first-order chi connectivity index (χ1) is 10.3. The van der Waals surface area contributed by atoms with Crippen LogP contribution in [0.25, 0.3) is 0 Å². The zero-order valence-electron chi connectivity index (χ0n) is 11.9. The molecule has 0 spiro atoms. The monoisotopic (exact) mass is 341 g/mol. The second kappa shape index (κ2) is 18.9. The van der Waals surface area contributed by atoms with E-state index in [0.717, 1.165) is 12.8 Å². The van der Waals surface area contributed by atoms with Crippen LogP contribution in [0.2, 0.25) is 0 Å². The molecule has 2 N–H and O–H groups in total. The van der Waals surface area contributed by atoms with Crippen LogP contribution >= 0.6 is 0 Å². The first kappa shape index (κ1) is 22.2. The fraction of sp³-hybridized carbons (Fsp3) is 0.467. The van der Waals surface area contributed by atoms with Gasteiger partial charge in [0.2, 0.25) is 0 Å². The molecule has 0 aliphatic carbocycles. The molecular formula is C15H22CoO5-2. The third kappa shape index (κ3) is 15.1. The molecule has 0 atom stereocenters. The molecule has 1 aromatic carbocycles. The summed E-state index contributed by atoms with van der Waals surface area (Å²) in [6.07, 6.45) is 3.03. The molecule has 0 fully saturated rings. The number of hydrogen-bond acceptors (Lipinski definition) is 5. The van der Waals surface area contributed by atoms with E-state index < -0.39 is 0 Å². The Morgan fingerprint density at radius 1 is 1.24 bits per heavy atom. The number of ether oxygens (including phenoxy) is 1. The van der Waals surface area contributed by atoms with Gasteiger partial charge in [0.05, 0.1) is 6.61 Å². The van der Waals surface area contributed by atoms with E-state index in [2.05, 4.69) is 28.7 Å². The topological polar surface area (TPSA) is 83.8 Å². The first-order valence-corrected chi connectivity index (χ1v) is 6.96. The van der Waals surface area contributed by atoms with E-state index in [1.807, 2.05) is 0 Å². The van der Waals surface area contributed by atoms with E-state index in [1.54, 1.807) is 24.3 Å². The fourth-order valence-corrected chi connectivity index (χ4v) is 1.09. The van der Waals surface area contributed by atoms with Crippen molar-refractivity contribution in [3.8, 4) is 0 Å². The van der Waals surface area contributed by atoms with Gasteiger partial charge in [0.15, 0.2) is 0 Å². The SMILES string of the molecule is O=C(OCCCCO)c1c[c-]ccc1.[CH2-]CCCO.[O]=[Co]. The van der Waals surface area contributed by atoms with E-state index in [4.69, 9.17) is 18.8 Å². The third-order valence-corrected chi connectivity index (χ3v) is 2.14. The summed E-state index contributed by atoms with van der Waals surface area (Å²) in [5, 5.41) is 16.5. The van der Waals surface area contributed by atoms with E-state index >= 15 is 0 Å². The van der Waals surface area contributed by atoms with Crippen LogP contribution in [0.15, 0.2) is 24.3 Å². The molecule has 0 saturated carbocycles. The van der Waals surface area contributed by atoms with Gasteiger partial charge < -0.3 is 21.9 Å². The van der Waals surface area contributed by atoms with E-state index in [1.165, 1.54) is 0 Å². The average Bonchev–Trinajstić information content (AvgIpc) is 2.55. The molecule has 0 bridgehead atoms. The molecule has 0 radical (unpaired) electrons. The summed E-state index contributed by atoms with van der Waals surface area (Å²) in [5.74, 6) is -0.334. The predicted molar refractivity (Wildman–Crippen MR) is 74.2 cm³/mol. The number of aliphatic hydroxyl groups excluding tert-OH is 2. The van der Waals surface area contributed by atoms with Gasteiger partial charge in [0.1, 0.15) is 0 Å². The van der Waals surface area contributed by atoms with Crippen molar-refractivity contribution in [3.63, 3.8) is 0 Å². The molecule has 5 nitrogen and oxygen atoms in total. The molecule has 1 rings (SSSR count). The normalized spacial score (nSPS) is 8.76. The summed E-state index contributed by atoms with van der Waals surface area (Å²) >= 11 is 2.31. The van der Waals surface area contributed by atoms with Crippen LogP contribution in [0.1, 0.15) is 36.0 Å². The predicted octanol–water partition coefficient (Wildman–Crippen LogP) is 1.89. The Morgan fingerprint density at radius 3 is 2.33 bits per heavy atom. The fourth-order valence-electron chi connectivity index (χ4n) is 1.09. The van der Waals surface area contributed by atoms with Crippen molar-refractivity contribution in [3.05, 3.63) is 42.8 Å². The molecular weight excluding hydrogens is 319 g/mol. The Morgan fingerprint density at radius 2 is 1.90 bits per heavy atom. The number of rotatable bonds is 7. The summed E-state index contributed by atoms with van der Waals surface area (Å²) in [6.45, 7) is 4.29. The van der Waals surface area contributed by atoms with Gasteiger partial charge in [-0.25, -0.2) is 0 Å². The van der Waals surface area contributed by atoms with Crippen LogP contribution < -0.4 is 0 Å². The Balaban J connectivity index is 0. The van der Waals surface area contributed by atoms with Gasteiger partial charge in [-0.2, -0.15) is 36.8 Å². The molecule has 0 unspecified atom stereocenters. The number of esters is 1. The third-order valence-electron chi connectivity index (χ3n) is 2.14. The summed E-state index contributed by atoms with van der Waals surface area (Å²) < 4.78 is 12.9. The van der Waals surface area contributed by atoms with Crippen molar-refractivity contribution in [2.75, 3.05) is 19.8 Å². The van der Waals surface area contributed by atoms with E-state index in [-0.39, 0.29) is 19.2 Å². The Kier molecular flexibility index (Phi) is 20.0. The van der Waals surface area contributed by atoms with Gasteiger partial charge in [-0.3, -0.25) is 4.79 Å². The van der Waals surface area contributed by atoms with Crippen LogP contribution in [0.4, 0.5) is 0 Å². The van der Waals surface area contributed by atoms with E-state index in [9.17, 15) is 4.79 Å². The molecule has 0 aliphatic heterocycles. The number of aliphatic hydroxyl groups is 2. The second-order valence-electron chi connectivity index (χ2n) is 3.79. The van der Waals surface area contributed by atoms with Crippen molar-refractivity contribution in [2.24, 2.45) is 0 Å². The maximum absolute atomic E-state index is 11.3. The molecule has 21 heavy (non-hydrogen) atoms. The standard InChI is InChI=1S/C11H13O3.C4H9O.Co.O/c12-8-4-5-9-14-11(13)10-6-2-1-3-7-10;1-2-3-4-5;;/h1-2,6-7,12H,4-5,8-9H2;5H,1-4H2;;/q2*-1;;. The van der Waals surface area contributed by atoms with Gasteiger partial charge >= 0.3 is 19.5 Å². The summed E-state index contributed by atoms with van der Waals surface area (Å²) in [6, 6.07) is 9.54. The molecule has 0 aliphatic rings. The maximum atomic E-state index is 11.3. The number of carbonyl (C=O) groups is 1. The van der Waals surface area contributed by atoms with E-state index in [0.29, 0.717) is 25.0 Å². The number of hydrogen-bond donors (Lipinski definition) is 2. The number of benzene rings is 1. The van der Waals surface area contributed by atoms with Crippen LogP contribution in [0.3, 0.4) is 0 Å². The molecule has 123 valence electrons. The first-order valence-electron chi connectivity index (χ1n) is 6.54. The molecule has 0 aromatic heterocycles. The van der Waals surface area contributed by atoms with Gasteiger partial charge in [-0.15, -0.1) is 0 Å². The quantitative estimate of drug-likeness (QED) is 0.449. The number of carbonyl (C=O) groups excluding carboxylic acids is 1. The molecule has 6 heteroatoms. The van der Waals surface area contributed by atoms with Crippen molar-refractivity contribution in [2.45, 2.75) is 25.7 Å². The summed E-state index contributed by atoms with van der Waals surface area (Å²) in [5.41, 5.74) is 0.511. The number of unbranched alkanes of at least 4 members (excludes halogenated alkanes) is 2. The Bertz CT molecular complexity index is 330. The summed E-state index contributed by atoms with van der Waals surface area (Å²) in [7, 11) is 0. The van der Waals surface area contributed by atoms with Gasteiger partial charge in [0, 0.05) is 13.2 Å². The van der Waals surface area contributed by atoms with Gasteiger partial charge in [-0.1, -0.05) is 12.0 Å².